The van der Waals surface area contributed by atoms with Crippen molar-refractivity contribution in [3.05, 3.63) is 46.9 Å². The Morgan fingerprint density at radius 2 is 1.75 bits per heavy atom. The molecule has 0 aliphatic rings. The van der Waals surface area contributed by atoms with Gasteiger partial charge in [-0.25, -0.2) is 0 Å². The molecule has 1 N–H and O–H groups in total. The second kappa shape index (κ2) is 6.01. The van der Waals surface area contributed by atoms with Crippen molar-refractivity contribution in [1.29, 1.82) is 0 Å². The molecule has 0 spiro atoms. The maximum Gasteiger partial charge on any atom is 0.161 e. The van der Waals surface area contributed by atoms with Crippen LogP contribution in [0.5, 0.6) is 11.5 Å². The maximum atomic E-state index is 5.62. The van der Waals surface area contributed by atoms with E-state index in [0.717, 1.165) is 34.1 Å². The molecule has 108 valence electrons. The molecule has 0 aliphatic carbocycles. The normalized spacial score (nSPS) is 12.2. The summed E-state index contributed by atoms with van der Waals surface area (Å²) < 4.78 is 16.3. The van der Waals surface area contributed by atoms with Crippen molar-refractivity contribution in [3.63, 3.8) is 0 Å². The molecule has 0 aliphatic heterocycles. The predicted molar refractivity (Wildman–Crippen MR) is 78.6 cm³/mol. The lowest BCUT2D eigenvalue weighted by Crippen LogP contribution is -2.18. The van der Waals surface area contributed by atoms with E-state index < -0.39 is 0 Å². The summed E-state index contributed by atoms with van der Waals surface area (Å²) in [5.41, 5.74) is 2.24. The molecule has 1 aromatic heterocycles. The van der Waals surface area contributed by atoms with Crippen LogP contribution in [-0.2, 0) is 0 Å². The third kappa shape index (κ3) is 2.65. The van der Waals surface area contributed by atoms with Gasteiger partial charge < -0.3 is 19.2 Å². The van der Waals surface area contributed by atoms with Crippen LogP contribution in [0.2, 0.25) is 0 Å². The molecule has 0 saturated heterocycles. The van der Waals surface area contributed by atoms with Crippen LogP contribution in [0.25, 0.3) is 0 Å². The second-order valence-corrected chi connectivity index (χ2v) is 4.70. The van der Waals surface area contributed by atoms with Gasteiger partial charge in [0.1, 0.15) is 11.5 Å². The Bertz CT molecular complexity index is 589. The topological polar surface area (TPSA) is 43.6 Å². The van der Waals surface area contributed by atoms with E-state index in [2.05, 4.69) is 11.4 Å². The van der Waals surface area contributed by atoms with E-state index in [0.29, 0.717) is 0 Å². The molecule has 4 nitrogen and oxygen atoms in total. The molecule has 0 fully saturated rings. The van der Waals surface area contributed by atoms with E-state index in [4.69, 9.17) is 13.9 Å². The summed E-state index contributed by atoms with van der Waals surface area (Å²) in [6, 6.07) is 8.06. The van der Waals surface area contributed by atoms with Crippen molar-refractivity contribution < 1.29 is 13.9 Å². The Balaban J connectivity index is 2.44. The summed E-state index contributed by atoms with van der Waals surface area (Å²) in [5.74, 6) is 3.30. The minimum absolute atomic E-state index is 0.0623. The fourth-order valence-electron chi connectivity index (χ4n) is 2.47. The Morgan fingerprint density at radius 3 is 2.25 bits per heavy atom. The van der Waals surface area contributed by atoms with Crippen molar-refractivity contribution in [2.75, 3.05) is 21.3 Å². The van der Waals surface area contributed by atoms with Gasteiger partial charge in [0, 0.05) is 5.56 Å². The molecule has 4 heteroatoms. The van der Waals surface area contributed by atoms with Crippen LogP contribution >= 0.6 is 0 Å². The quantitative estimate of drug-likeness (QED) is 0.910. The number of benzene rings is 1. The minimum atomic E-state index is 0.0623. The summed E-state index contributed by atoms with van der Waals surface area (Å²) in [6.07, 6.45) is 0. The summed E-state index contributed by atoms with van der Waals surface area (Å²) in [5, 5.41) is 3.32. The van der Waals surface area contributed by atoms with Gasteiger partial charge in [-0.15, -0.1) is 0 Å². The average Bonchev–Trinajstić information content (AvgIpc) is 2.78. The largest absolute Gasteiger partial charge is 0.493 e. The smallest absolute Gasteiger partial charge is 0.161 e. The van der Waals surface area contributed by atoms with Crippen LogP contribution in [0.3, 0.4) is 0 Å². The van der Waals surface area contributed by atoms with Gasteiger partial charge in [-0.3, -0.25) is 0 Å². The lowest BCUT2D eigenvalue weighted by molar-refractivity contribution is 0.354. The van der Waals surface area contributed by atoms with Crippen LogP contribution in [-0.4, -0.2) is 21.3 Å². The zero-order valence-corrected chi connectivity index (χ0v) is 12.6. The molecule has 1 atom stereocenters. The summed E-state index contributed by atoms with van der Waals surface area (Å²) in [6.45, 7) is 3.94. The van der Waals surface area contributed by atoms with E-state index in [9.17, 15) is 0 Å². The maximum absolute atomic E-state index is 5.62. The van der Waals surface area contributed by atoms with Crippen LogP contribution in [0.15, 0.2) is 28.7 Å². The predicted octanol–water partition coefficient (Wildman–Crippen LogP) is 3.22. The van der Waals surface area contributed by atoms with Gasteiger partial charge in [-0.05, 0) is 44.7 Å². The highest BCUT2D eigenvalue weighted by atomic mass is 16.5. The molecular weight excluding hydrogens is 254 g/mol. The van der Waals surface area contributed by atoms with Gasteiger partial charge in [0.25, 0.3) is 0 Å². The number of rotatable bonds is 5. The van der Waals surface area contributed by atoms with E-state index in [1.165, 1.54) is 0 Å². The van der Waals surface area contributed by atoms with E-state index in [1.54, 1.807) is 14.2 Å². The second-order valence-electron chi connectivity index (χ2n) is 4.70. The molecule has 0 saturated carbocycles. The number of methoxy groups -OCH3 is 2. The Kier molecular flexibility index (Phi) is 4.35. The standard InChI is InChI=1S/C16H21NO3/c1-10-8-13(11(2)20-10)16(17-3)12-6-7-14(18-4)15(9-12)19-5/h6-9,16-17H,1-5H3. The highest BCUT2D eigenvalue weighted by Crippen LogP contribution is 2.33. The third-order valence-electron chi connectivity index (χ3n) is 3.42. The molecule has 1 unspecified atom stereocenters. The van der Waals surface area contributed by atoms with Crippen LogP contribution in [0, 0.1) is 13.8 Å². The highest BCUT2D eigenvalue weighted by Gasteiger charge is 2.19. The molecule has 1 heterocycles. The minimum Gasteiger partial charge on any atom is -0.493 e. The van der Waals surface area contributed by atoms with Crippen molar-refractivity contribution in [3.8, 4) is 11.5 Å². The molecular formula is C16H21NO3. The molecule has 20 heavy (non-hydrogen) atoms. The first-order valence-corrected chi connectivity index (χ1v) is 6.56. The Hall–Kier alpha value is -1.94. The van der Waals surface area contributed by atoms with Gasteiger partial charge >= 0.3 is 0 Å². The first-order chi connectivity index (χ1) is 9.60. The average molecular weight is 275 g/mol. The van der Waals surface area contributed by atoms with Crippen molar-refractivity contribution in [2.45, 2.75) is 19.9 Å². The van der Waals surface area contributed by atoms with Gasteiger partial charge in [0.15, 0.2) is 11.5 Å². The zero-order chi connectivity index (χ0) is 14.7. The summed E-state index contributed by atoms with van der Waals surface area (Å²) >= 11 is 0. The third-order valence-corrected chi connectivity index (χ3v) is 3.42. The van der Waals surface area contributed by atoms with E-state index >= 15 is 0 Å². The highest BCUT2D eigenvalue weighted by molar-refractivity contribution is 5.46. The van der Waals surface area contributed by atoms with E-state index in [-0.39, 0.29) is 6.04 Å². The fraction of sp³-hybridized carbons (Fsp3) is 0.375. The van der Waals surface area contributed by atoms with Crippen molar-refractivity contribution in [1.82, 2.24) is 5.32 Å². The van der Waals surface area contributed by atoms with Crippen LogP contribution in [0.1, 0.15) is 28.7 Å². The Morgan fingerprint density at radius 1 is 1.05 bits per heavy atom. The van der Waals surface area contributed by atoms with Crippen LogP contribution < -0.4 is 14.8 Å². The number of ether oxygens (including phenoxy) is 2. The molecule has 0 radical (unpaired) electrons. The SMILES string of the molecule is CNC(c1ccc(OC)c(OC)c1)c1cc(C)oc1C. The van der Waals surface area contributed by atoms with Gasteiger partial charge in [0.2, 0.25) is 0 Å². The van der Waals surface area contributed by atoms with Crippen molar-refractivity contribution >= 4 is 0 Å². The van der Waals surface area contributed by atoms with E-state index in [1.807, 2.05) is 39.1 Å². The van der Waals surface area contributed by atoms with Crippen LogP contribution in [0.4, 0.5) is 0 Å². The number of aryl methyl sites for hydroxylation is 2. The lowest BCUT2D eigenvalue weighted by Gasteiger charge is -2.18. The number of furan rings is 1. The lowest BCUT2D eigenvalue weighted by atomic mass is 9.98. The summed E-state index contributed by atoms with van der Waals surface area (Å²) in [4.78, 5) is 0. The number of hydrogen-bond donors (Lipinski definition) is 1. The zero-order valence-electron chi connectivity index (χ0n) is 12.6. The van der Waals surface area contributed by atoms with Gasteiger partial charge in [-0.1, -0.05) is 6.07 Å². The molecule has 2 aromatic rings. The number of nitrogens with one attached hydrogen (secondary N) is 1. The Labute approximate surface area is 119 Å². The first-order valence-electron chi connectivity index (χ1n) is 6.56. The molecule has 0 amide bonds. The fourth-order valence-corrected chi connectivity index (χ4v) is 2.47. The first kappa shape index (κ1) is 14.5. The summed E-state index contributed by atoms with van der Waals surface area (Å²) in [7, 11) is 5.21. The molecule has 2 rings (SSSR count). The van der Waals surface area contributed by atoms with Gasteiger partial charge in [-0.2, -0.15) is 0 Å². The number of hydrogen-bond acceptors (Lipinski definition) is 4. The van der Waals surface area contributed by atoms with Crippen molar-refractivity contribution in [2.24, 2.45) is 0 Å². The monoisotopic (exact) mass is 275 g/mol. The van der Waals surface area contributed by atoms with Gasteiger partial charge in [0.05, 0.1) is 20.3 Å². The molecule has 0 bridgehead atoms. The molecule has 1 aromatic carbocycles.